The van der Waals surface area contributed by atoms with Gasteiger partial charge in [0.15, 0.2) is 18.9 Å². The molecular formula is C84H148N4O29. The monoisotopic (exact) mass is 1680 g/mol. The average Bonchev–Trinajstić information content (AvgIpc) is 1.63. The van der Waals surface area contributed by atoms with Crippen LogP contribution in [0.3, 0.4) is 0 Å². The third-order valence-corrected chi connectivity index (χ3v) is 22.9. The van der Waals surface area contributed by atoms with Gasteiger partial charge in [0.1, 0.15) is 54.0 Å². The molecule has 0 bridgehead atoms. The number of amides is 4. The van der Waals surface area contributed by atoms with Gasteiger partial charge in [-0.1, -0.05) is 78.6 Å². The van der Waals surface area contributed by atoms with Crippen LogP contribution in [0.5, 0.6) is 0 Å². The molecule has 1 saturated carbocycles. The number of ketones is 3. The summed E-state index contributed by atoms with van der Waals surface area (Å²) in [5.74, 6) is -2.97. The molecule has 0 aromatic heterocycles. The fraction of sp³-hybridized carbons (Fsp3) is 0.893. The Morgan fingerprint density at radius 1 is 0.376 bits per heavy atom. The fourth-order valence-corrected chi connectivity index (χ4v) is 15.5. The Hall–Kier alpha value is -5.05. The van der Waals surface area contributed by atoms with E-state index in [0.29, 0.717) is 148 Å². The number of ether oxygens (including phenoxy) is 11. The highest BCUT2D eigenvalue weighted by Crippen LogP contribution is 2.37. The molecule has 33 nitrogen and oxygen atoms in total. The maximum atomic E-state index is 14.1. The smallest absolute Gasteiger partial charge is 0.407 e. The van der Waals surface area contributed by atoms with Crippen LogP contribution in [-0.2, 0) is 90.5 Å². The van der Waals surface area contributed by atoms with Crippen molar-refractivity contribution in [2.75, 3.05) is 99.9 Å². The lowest BCUT2D eigenvalue weighted by molar-refractivity contribution is -0.282. The van der Waals surface area contributed by atoms with Gasteiger partial charge in [0.25, 0.3) is 0 Å². The number of esters is 2. The van der Waals surface area contributed by atoms with Gasteiger partial charge in [-0.25, -0.2) is 4.79 Å². The van der Waals surface area contributed by atoms with E-state index in [1.165, 1.54) is 0 Å². The van der Waals surface area contributed by atoms with Crippen LogP contribution in [0.4, 0.5) is 4.79 Å². The molecule has 4 aliphatic rings. The van der Waals surface area contributed by atoms with Crippen molar-refractivity contribution >= 4 is 53.1 Å². The molecule has 16 unspecified atom stereocenters. The molecule has 4 amide bonds. The third kappa shape index (κ3) is 42.1. The number of nitrogens with one attached hydrogen (secondary N) is 4. The van der Waals surface area contributed by atoms with Gasteiger partial charge in [0, 0.05) is 134 Å². The van der Waals surface area contributed by atoms with E-state index >= 15 is 0 Å². The Morgan fingerprint density at radius 2 is 0.744 bits per heavy atom. The molecule has 117 heavy (non-hydrogen) atoms. The molecule has 3 aliphatic heterocycles. The maximum Gasteiger partial charge on any atom is 0.407 e. The largest absolute Gasteiger partial charge is 0.466 e. The van der Waals surface area contributed by atoms with Crippen LogP contribution in [0.2, 0.25) is 0 Å². The number of Topliss-reactive ketones (excluding diaryl/α,β-unsaturated/α-hetero) is 3. The Labute approximate surface area is 692 Å². The van der Waals surface area contributed by atoms with Gasteiger partial charge in [-0.3, -0.25) is 38.4 Å². The van der Waals surface area contributed by atoms with Crippen LogP contribution in [0.15, 0.2) is 0 Å². The number of carbonyl (C=O) groups is 9. The van der Waals surface area contributed by atoms with Crippen molar-refractivity contribution in [3.8, 4) is 0 Å². The van der Waals surface area contributed by atoms with Gasteiger partial charge >= 0.3 is 18.0 Å². The molecular weight excluding hydrogens is 1530 g/mol. The topological polar surface area (TPSA) is 485 Å². The van der Waals surface area contributed by atoms with Crippen LogP contribution in [0.25, 0.3) is 0 Å². The third-order valence-electron chi connectivity index (χ3n) is 22.9. The molecule has 0 aromatic carbocycles. The number of alkyl carbamates (subject to hydrolysis) is 1. The van der Waals surface area contributed by atoms with Crippen LogP contribution >= 0.6 is 0 Å². The van der Waals surface area contributed by atoms with Crippen molar-refractivity contribution in [2.45, 2.75) is 350 Å². The van der Waals surface area contributed by atoms with E-state index in [1.54, 1.807) is 35.0 Å². The van der Waals surface area contributed by atoms with Gasteiger partial charge in [-0.05, 0) is 128 Å². The molecule has 1 aliphatic carbocycles. The first kappa shape index (κ1) is 104. The average molecular weight is 1680 g/mol. The number of carbonyl (C=O) groups excluding carboxylic acids is 9. The zero-order valence-corrected chi connectivity index (χ0v) is 70.6. The van der Waals surface area contributed by atoms with Crippen molar-refractivity contribution < 1.29 is 141 Å². The van der Waals surface area contributed by atoms with E-state index in [1.807, 2.05) is 0 Å². The number of aliphatic hydroxyl groups is 9. The minimum atomic E-state index is -1.23. The lowest BCUT2D eigenvalue weighted by Gasteiger charge is -2.40. The SMILES string of the molecule is COC[C@H]1C[C@H](OC)CC1C(=O)CCCCC(=O)CCC(=O)NC(CCCOC(=O)CCCCCCCNC(=O)CCCOC1OC(CO)C(O)C(O)C1C)(CCCOC(=O)CCCCCCCNC(=O)CCCOC1OC(CO)C(O)C(O)C1C)CCCOC(=O)NCCCCCCCC(=O)CCCOC1OC(CO)C(O)C(O)C1C. The van der Waals surface area contributed by atoms with Gasteiger partial charge < -0.3 is 119 Å². The van der Waals surface area contributed by atoms with Crippen molar-refractivity contribution in [1.82, 2.24) is 21.3 Å². The second-order valence-electron chi connectivity index (χ2n) is 32.4. The second-order valence-corrected chi connectivity index (χ2v) is 32.4. The number of rotatable bonds is 67. The van der Waals surface area contributed by atoms with E-state index in [2.05, 4.69) is 21.3 Å². The number of aliphatic hydroxyl groups excluding tert-OH is 9. The van der Waals surface area contributed by atoms with Crippen molar-refractivity contribution in [3.63, 3.8) is 0 Å². The number of unbranched alkanes of at least 4 members (excludes halogenated alkanes) is 13. The van der Waals surface area contributed by atoms with Gasteiger partial charge in [-0.15, -0.1) is 0 Å². The molecule has 13 N–H and O–H groups in total. The Kier molecular flexibility index (Phi) is 54.6. The predicted octanol–water partition coefficient (Wildman–Crippen LogP) is 5.60. The minimum absolute atomic E-state index is 0.00463. The molecule has 3 heterocycles. The summed E-state index contributed by atoms with van der Waals surface area (Å²) >= 11 is 0. The van der Waals surface area contributed by atoms with Crippen molar-refractivity contribution in [3.05, 3.63) is 0 Å². The fourth-order valence-electron chi connectivity index (χ4n) is 15.5. The Balaban J connectivity index is 1.26. The number of hydrogen-bond acceptors (Lipinski definition) is 29. The summed E-state index contributed by atoms with van der Waals surface area (Å²) in [6, 6.07) is 0. The summed E-state index contributed by atoms with van der Waals surface area (Å²) < 4.78 is 62.0. The van der Waals surface area contributed by atoms with Crippen LogP contribution in [0, 0.1) is 29.6 Å². The molecule has 0 radical (unpaired) electrons. The van der Waals surface area contributed by atoms with Gasteiger partial charge in [0.2, 0.25) is 17.7 Å². The predicted molar refractivity (Wildman–Crippen MR) is 427 cm³/mol. The Morgan fingerprint density at radius 3 is 1.17 bits per heavy atom. The summed E-state index contributed by atoms with van der Waals surface area (Å²) in [4.78, 5) is 118. The van der Waals surface area contributed by atoms with E-state index in [0.717, 1.165) is 77.0 Å². The quantitative estimate of drug-likeness (QED) is 0.0200. The molecule has 678 valence electrons. The molecule has 4 rings (SSSR count). The van der Waals surface area contributed by atoms with E-state index in [4.69, 9.17) is 52.1 Å². The summed E-state index contributed by atoms with van der Waals surface area (Å²) in [6.07, 6.45) is 5.85. The van der Waals surface area contributed by atoms with E-state index in [9.17, 15) is 89.1 Å². The zero-order valence-electron chi connectivity index (χ0n) is 70.6. The first-order chi connectivity index (χ1) is 56.3. The Bertz CT molecular complexity index is 2550. The highest BCUT2D eigenvalue weighted by atomic mass is 16.7. The van der Waals surface area contributed by atoms with Crippen molar-refractivity contribution in [1.29, 1.82) is 0 Å². The first-order valence-electron chi connectivity index (χ1n) is 43.7. The van der Waals surface area contributed by atoms with Crippen LogP contribution in [0.1, 0.15) is 265 Å². The molecule has 18 atom stereocenters. The highest BCUT2D eigenvalue weighted by Gasteiger charge is 2.46. The number of hydrogen-bond donors (Lipinski definition) is 13. The maximum absolute atomic E-state index is 14.1. The molecule has 33 heteroatoms. The second kappa shape index (κ2) is 61.3. The molecule has 4 fully saturated rings. The van der Waals surface area contributed by atoms with Gasteiger partial charge in [-0.2, -0.15) is 0 Å². The van der Waals surface area contributed by atoms with E-state index < -0.39 is 123 Å². The van der Waals surface area contributed by atoms with Crippen LogP contribution < -0.4 is 21.3 Å². The number of methoxy groups -OCH3 is 2. The summed E-state index contributed by atoms with van der Waals surface area (Å²) in [5, 5.41) is 101. The summed E-state index contributed by atoms with van der Waals surface area (Å²) in [7, 11) is 3.26. The molecule has 0 aromatic rings. The zero-order chi connectivity index (χ0) is 85.8. The van der Waals surface area contributed by atoms with Gasteiger partial charge in [0.05, 0.1) is 83.9 Å². The van der Waals surface area contributed by atoms with Crippen molar-refractivity contribution in [2.24, 2.45) is 29.6 Å². The summed E-state index contributed by atoms with van der Waals surface area (Å²) in [6.45, 7) is 6.07. The summed E-state index contributed by atoms with van der Waals surface area (Å²) in [5.41, 5.74) is -0.981. The first-order valence-corrected chi connectivity index (χ1v) is 43.7. The minimum Gasteiger partial charge on any atom is -0.466 e. The van der Waals surface area contributed by atoms with E-state index in [-0.39, 0.29) is 150 Å². The molecule has 0 spiro atoms. The lowest BCUT2D eigenvalue weighted by atomic mass is 9.83. The normalized spacial score (nSPS) is 26.4. The van der Waals surface area contributed by atoms with Crippen LogP contribution in [-0.4, -0.2) is 284 Å². The molecule has 3 saturated heterocycles. The lowest BCUT2D eigenvalue weighted by Crippen LogP contribution is -2.55. The standard InChI is InChI=1S/C84H148N4O29/c1-57-74(100)77(103)66(53-89)115-80(57)111-45-23-31-61(92)29-15-9-6-14-22-44-87-83(106)114-50-28-41-84(88-71(97)38-37-62(93)30-18-19-32-65(94)64-52-63(108-5)51-60(64)56-107-4,39-26-48-109-72(98)35-16-10-7-12-20-42-85-69(95)33-24-46-112-81-58(2)75(101)78(104)67(54-90)116-81)40-27-49-110-73(99)36-17-11-8-13-21-43-86-70(96)34-25-47-113-82-59(3)76(102)79(105)68(55-91)117-82/h57-60,63-64,66-68,74-82,89-91,100-105H,6-56H2,1-5H3,(H,85,95)(H,86,96)(H,87,106)(H,88,97)/t57?,58?,59?,60-,63+,64?,66?,67?,68?,74?,75?,76?,77?,78?,79?,80?,81?,82?,84?/m1/s1. The highest BCUT2D eigenvalue weighted by molar-refractivity contribution is 5.85.